The first-order valence-corrected chi connectivity index (χ1v) is 11.6. The van der Waals surface area contributed by atoms with E-state index in [1.165, 1.54) is 17.8 Å². The van der Waals surface area contributed by atoms with Crippen LogP contribution in [0.15, 0.2) is 47.4 Å². The molecule has 3 heterocycles. The fourth-order valence-electron chi connectivity index (χ4n) is 4.70. The summed E-state index contributed by atoms with van der Waals surface area (Å²) in [6.07, 6.45) is 4.96. The molecule has 5 rings (SSSR count). The Morgan fingerprint density at radius 3 is 2.79 bits per heavy atom. The quantitative estimate of drug-likeness (QED) is 0.532. The van der Waals surface area contributed by atoms with Gasteiger partial charge in [0.2, 0.25) is 0 Å². The molecule has 0 amide bonds. The van der Waals surface area contributed by atoms with E-state index in [0.717, 1.165) is 58.7 Å². The van der Waals surface area contributed by atoms with Gasteiger partial charge in [-0.25, -0.2) is 4.79 Å². The molecule has 0 spiro atoms. The summed E-state index contributed by atoms with van der Waals surface area (Å²) in [6.45, 7) is 2.45. The summed E-state index contributed by atoms with van der Waals surface area (Å²) in [4.78, 5) is 23.9. The van der Waals surface area contributed by atoms with Crippen LogP contribution in [0.2, 0.25) is 0 Å². The first kappa shape index (κ1) is 22.2. The molecule has 176 valence electrons. The summed E-state index contributed by atoms with van der Waals surface area (Å²) in [6, 6.07) is 11.8. The molecule has 0 unspecified atom stereocenters. The number of carbonyl (C=O) groups is 1. The SMILES string of the molecule is COCCCOc1cc2c(cc1-c1ccc3c(c1)OCCC3)-c1cc(=O)c(C(=O)O)cn1CC2. The lowest BCUT2D eigenvalue weighted by Crippen LogP contribution is -2.22. The van der Waals surface area contributed by atoms with Crippen LogP contribution in [-0.4, -0.2) is 42.6 Å². The van der Waals surface area contributed by atoms with Gasteiger partial charge < -0.3 is 23.9 Å². The summed E-state index contributed by atoms with van der Waals surface area (Å²) < 4.78 is 19.1. The molecular weight excluding hydrogens is 434 g/mol. The lowest BCUT2D eigenvalue weighted by atomic mass is 9.91. The number of benzene rings is 2. The molecular formula is C27H27NO6. The topological polar surface area (TPSA) is 87.0 Å². The second-order valence-corrected chi connectivity index (χ2v) is 8.66. The highest BCUT2D eigenvalue weighted by Gasteiger charge is 2.23. The van der Waals surface area contributed by atoms with E-state index in [0.29, 0.717) is 32.8 Å². The minimum atomic E-state index is -1.21. The van der Waals surface area contributed by atoms with Crippen molar-refractivity contribution in [2.45, 2.75) is 32.2 Å². The van der Waals surface area contributed by atoms with Gasteiger partial charge in [-0.1, -0.05) is 12.1 Å². The molecule has 2 aliphatic heterocycles. The molecule has 0 saturated carbocycles. The van der Waals surface area contributed by atoms with Gasteiger partial charge in [0.05, 0.1) is 18.9 Å². The van der Waals surface area contributed by atoms with Crippen LogP contribution in [0, 0.1) is 0 Å². The number of rotatable bonds is 7. The number of methoxy groups -OCH3 is 1. The average molecular weight is 462 g/mol. The van der Waals surface area contributed by atoms with Crippen molar-refractivity contribution in [1.29, 1.82) is 0 Å². The standard InChI is InChI=1S/C27H27NO6/c1-32-9-3-11-34-26-13-19-7-8-28-16-22(27(30)31)24(29)15-23(28)20(19)14-21(26)18-6-5-17-4-2-10-33-25(17)12-18/h5-6,12-16H,2-4,7-11H2,1H3,(H,30,31). The van der Waals surface area contributed by atoms with Crippen LogP contribution in [0.5, 0.6) is 11.5 Å². The maximum atomic E-state index is 12.5. The molecule has 0 fully saturated rings. The van der Waals surface area contributed by atoms with Gasteiger partial charge >= 0.3 is 5.97 Å². The third-order valence-electron chi connectivity index (χ3n) is 6.44. The maximum absolute atomic E-state index is 12.5. The molecule has 0 aliphatic carbocycles. The lowest BCUT2D eigenvalue weighted by molar-refractivity contribution is 0.0694. The van der Waals surface area contributed by atoms with Gasteiger partial charge in [-0.15, -0.1) is 0 Å². The van der Waals surface area contributed by atoms with E-state index < -0.39 is 11.4 Å². The minimum Gasteiger partial charge on any atom is -0.493 e. The third-order valence-corrected chi connectivity index (χ3v) is 6.44. The lowest BCUT2D eigenvalue weighted by Gasteiger charge is -2.25. The largest absolute Gasteiger partial charge is 0.493 e. The van der Waals surface area contributed by atoms with Crippen LogP contribution < -0.4 is 14.9 Å². The van der Waals surface area contributed by atoms with Crippen LogP contribution in [0.3, 0.4) is 0 Å². The van der Waals surface area contributed by atoms with Gasteiger partial charge in [0.25, 0.3) is 0 Å². The van der Waals surface area contributed by atoms with E-state index in [1.807, 2.05) is 4.57 Å². The minimum absolute atomic E-state index is 0.211. The Kier molecular flexibility index (Phi) is 6.11. The number of aryl methyl sites for hydroxylation is 3. The highest BCUT2D eigenvalue weighted by Crippen LogP contribution is 2.41. The van der Waals surface area contributed by atoms with E-state index in [4.69, 9.17) is 14.2 Å². The predicted octanol–water partition coefficient (Wildman–Crippen LogP) is 4.18. The van der Waals surface area contributed by atoms with Gasteiger partial charge in [0.1, 0.15) is 17.1 Å². The molecule has 0 atom stereocenters. The number of carboxylic acids is 1. The summed E-state index contributed by atoms with van der Waals surface area (Å²) in [5.74, 6) is 0.471. The van der Waals surface area contributed by atoms with Crippen molar-refractivity contribution in [3.05, 3.63) is 69.5 Å². The van der Waals surface area contributed by atoms with Crippen molar-refractivity contribution in [3.8, 4) is 33.9 Å². The zero-order chi connectivity index (χ0) is 23.7. The van der Waals surface area contributed by atoms with Crippen molar-refractivity contribution in [1.82, 2.24) is 4.57 Å². The summed E-state index contributed by atoms with van der Waals surface area (Å²) >= 11 is 0. The molecule has 0 saturated heterocycles. The summed E-state index contributed by atoms with van der Waals surface area (Å²) in [5.41, 5.74) is 5.10. The van der Waals surface area contributed by atoms with Gasteiger partial charge in [-0.2, -0.15) is 0 Å². The Balaban J connectivity index is 1.62. The molecule has 34 heavy (non-hydrogen) atoms. The number of hydrogen-bond donors (Lipinski definition) is 1. The molecule has 2 aliphatic rings. The second-order valence-electron chi connectivity index (χ2n) is 8.66. The van der Waals surface area contributed by atoms with Gasteiger partial charge in [-0.05, 0) is 54.2 Å². The molecule has 7 heteroatoms. The van der Waals surface area contributed by atoms with Crippen LogP contribution in [-0.2, 0) is 24.1 Å². The Labute approximate surface area is 197 Å². The highest BCUT2D eigenvalue weighted by atomic mass is 16.5. The normalized spacial score (nSPS) is 13.9. The van der Waals surface area contributed by atoms with E-state index in [9.17, 15) is 14.7 Å². The van der Waals surface area contributed by atoms with Crippen molar-refractivity contribution in [2.75, 3.05) is 26.9 Å². The van der Waals surface area contributed by atoms with Crippen LogP contribution in [0.1, 0.15) is 34.3 Å². The zero-order valence-electron chi connectivity index (χ0n) is 19.1. The monoisotopic (exact) mass is 461 g/mol. The molecule has 0 radical (unpaired) electrons. The van der Waals surface area contributed by atoms with Crippen molar-refractivity contribution < 1.29 is 24.1 Å². The van der Waals surface area contributed by atoms with Crippen LogP contribution >= 0.6 is 0 Å². The number of pyridine rings is 1. The molecule has 3 aromatic rings. The van der Waals surface area contributed by atoms with Crippen LogP contribution in [0.25, 0.3) is 22.4 Å². The summed E-state index contributed by atoms with van der Waals surface area (Å²) in [7, 11) is 1.67. The van der Waals surface area contributed by atoms with Crippen molar-refractivity contribution in [3.63, 3.8) is 0 Å². The average Bonchev–Trinajstić information content (AvgIpc) is 2.85. The van der Waals surface area contributed by atoms with Gasteiger partial charge in [0, 0.05) is 50.1 Å². The fourth-order valence-corrected chi connectivity index (χ4v) is 4.70. The second kappa shape index (κ2) is 9.35. The molecule has 0 bridgehead atoms. The van der Waals surface area contributed by atoms with Crippen molar-refractivity contribution in [2.24, 2.45) is 0 Å². The number of aromatic carboxylic acids is 1. The smallest absolute Gasteiger partial charge is 0.341 e. The Morgan fingerprint density at radius 1 is 1.09 bits per heavy atom. The molecule has 1 N–H and O–H groups in total. The molecule has 2 aromatic carbocycles. The third kappa shape index (κ3) is 4.19. The molecule has 7 nitrogen and oxygen atoms in total. The summed E-state index contributed by atoms with van der Waals surface area (Å²) in [5, 5.41) is 9.36. The van der Waals surface area contributed by atoms with Crippen molar-refractivity contribution >= 4 is 5.97 Å². The Hall–Kier alpha value is -3.58. The number of carboxylic acid groups (broad SMARTS) is 1. The Morgan fingerprint density at radius 2 is 1.97 bits per heavy atom. The predicted molar refractivity (Wildman–Crippen MR) is 128 cm³/mol. The first-order chi connectivity index (χ1) is 16.5. The van der Waals surface area contributed by atoms with E-state index in [1.54, 1.807) is 7.11 Å². The number of nitrogens with zero attached hydrogens (tertiary/aromatic N) is 1. The van der Waals surface area contributed by atoms with E-state index in [2.05, 4.69) is 30.3 Å². The van der Waals surface area contributed by atoms with Gasteiger partial charge in [0.15, 0.2) is 5.43 Å². The number of aromatic nitrogens is 1. The first-order valence-electron chi connectivity index (χ1n) is 11.6. The van der Waals surface area contributed by atoms with E-state index >= 15 is 0 Å². The highest BCUT2D eigenvalue weighted by molar-refractivity contribution is 5.88. The van der Waals surface area contributed by atoms with Crippen LogP contribution in [0.4, 0.5) is 0 Å². The maximum Gasteiger partial charge on any atom is 0.341 e. The number of ether oxygens (including phenoxy) is 3. The Bertz CT molecular complexity index is 1310. The van der Waals surface area contributed by atoms with Gasteiger partial charge in [-0.3, -0.25) is 4.79 Å². The molecule has 1 aromatic heterocycles. The number of fused-ring (bicyclic) bond motifs is 4. The number of hydrogen-bond acceptors (Lipinski definition) is 5. The van der Waals surface area contributed by atoms with E-state index in [-0.39, 0.29) is 5.56 Å². The fraction of sp³-hybridized carbons (Fsp3) is 0.333. The zero-order valence-corrected chi connectivity index (χ0v) is 19.1.